The maximum absolute atomic E-state index is 12.1. The molecular formula is C11H15BrN4O3. The van der Waals surface area contributed by atoms with E-state index in [1.54, 1.807) is 4.90 Å². The number of nitrogens with zero attached hydrogens (tertiary/aromatic N) is 2. The minimum Gasteiger partial charge on any atom is -0.340 e. The Morgan fingerprint density at radius 1 is 1.32 bits per heavy atom. The SMILES string of the molecule is O=C(Cn1cc(Br)c(=O)[nH]c1=O)N1CCCNCC1. The van der Waals surface area contributed by atoms with Crippen molar-refractivity contribution in [2.24, 2.45) is 0 Å². The minimum absolute atomic E-state index is 0.0613. The molecule has 0 saturated carbocycles. The summed E-state index contributed by atoms with van der Waals surface area (Å²) in [5.41, 5.74) is -1.07. The first kappa shape index (κ1) is 14.0. The van der Waals surface area contributed by atoms with Crippen LogP contribution in [0.4, 0.5) is 0 Å². The molecule has 0 spiro atoms. The molecule has 0 aromatic carbocycles. The van der Waals surface area contributed by atoms with E-state index < -0.39 is 11.2 Å². The number of H-pyrrole nitrogens is 1. The van der Waals surface area contributed by atoms with Crippen LogP contribution in [-0.2, 0) is 11.3 Å². The number of halogens is 1. The predicted molar refractivity (Wildman–Crippen MR) is 73.1 cm³/mol. The third kappa shape index (κ3) is 3.54. The van der Waals surface area contributed by atoms with Gasteiger partial charge in [0.2, 0.25) is 5.91 Å². The lowest BCUT2D eigenvalue weighted by atomic mass is 10.4. The molecule has 0 radical (unpaired) electrons. The summed E-state index contributed by atoms with van der Waals surface area (Å²) >= 11 is 3.04. The van der Waals surface area contributed by atoms with Crippen LogP contribution in [0.25, 0.3) is 0 Å². The number of aromatic nitrogens is 2. The van der Waals surface area contributed by atoms with Crippen LogP contribution in [0.5, 0.6) is 0 Å². The summed E-state index contributed by atoms with van der Waals surface area (Å²) in [4.78, 5) is 38.8. The molecule has 1 saturated heterocycles. The first-order chi connectivity index (χ1) is 9.08. The quantitative estimate of drug-likeness (QED) is 0.737. The van der Waals surface area contributed by atoms with Crippen molar-refractivity contribution < 1.29 is 4.79 Å². The van der Waals surface area contributed by atoms with Gasteiger partial charge in [0.1, 0.15) is 6.54 Å². The highest BCUT2D eigenvalue weighted by atomic mass is 79.9. The zero-order valence-corrected chi connectivity index (χ0v) is 11.9. The van der Waals surface area contributed by atoms with Crippen LogP contribution in [0.1, 0.15) is 6.42 Å². The highest BCUT2D eigenvalue weighted by Gasteiger charge is 2.16. The third-order valence-corrected chi connectivity index (χ3v) is 3.53. The monoisotopic (exact) mass is 330 g/mol. The van der Waals surface area contributed by atoms with Gasteiger partial charge in [-0.05, 0) is 28.9 Å². The Hall–Kier alpha value is -1.41. The van der Waals surface area contributed by atoms with Crippen LogP contribution < -0.4 is 16.6 Å². The Balaban J connectivity index is 2.12. The van der Waals surface area contributed by atoms with Gasteiger partial charge in [0.05, 0.1) is 4.47 Å². The van der Waals surface area contributed by atoms with Crippen molar-refractivity contribution in [3.8, 4) is 0 Å². The van der Waals surface area contributed by atoms with Crippen molar-refractivity contribution >= 4 is 21.8 Å². The fourth-order valence-electron chi connectivity index (χ4n) is 1.94. The van der Waals surface area contributed by atoms with Crippen molar-refractivity contribution in [2.45, 2.75) is 13.0 Å². The molecule has 7 nitrogen and oxygen atoms in total. The molecule has 1 aliphatic heterocycles. The van der Waals surface area contributed by atoms with Crippen molar-refractivity contribution in [3.05, 3.63) is 31.5 Å². The summed E-state index contributed by atoms with van der Waals surface area (Å²) in [5, 5.41) is 3.21. The summed E-state index contributed by atoms with van der Waals surface area (Å²) in [6.07, 6.45) is 2.24. The average Bonchev–Trinajstić information content (AvgIpc) is 2.64. The molecule has 1 fully saturated rings. The predicted octanol–water partition coefficient (Wildman–Crippen LogP) is -0.879. The number of carbonyl (C=O) groups is 1. The molecule has 104 valence electrons. The van der Waals surface area contributed by atoms with E-state index in [0.29, 0.717) is 13.1 Å². The molecule has 8 heteroatoms. The van der Waals surface area contributed by atoms with E-state index in [9.17, 15) is 14.4 Å². The number of hydrogen-bond donors (Lipinski definition) is 2. The summed E-state index contributed by atoms with van der Waals surface area (Å²) in [5.74, 6) is -0.121. The normalized spacial score (nSPS) is 16.2. The second-order valence-corrected chi connectivity index (χ2v) is 5.20. The van der Waals surface area contributed by atoms with E-state index >= 15 is 0 Å². The topological polar surface area (TPSA) is 87.2 Å². The molecule has 1 aromatic heterocycles. The molecule has 2 N–H and O–H groups in total. The standard InChI is InChI=1S/C11H15BrN4O3/c12-8-6-16(11(19)14-10(8)18)7-9(17)15-4-1-2-13-3-5-15/h6,13H,1-5,7H2,(H,14,18,19). The van der Waals surface area contributed by atoms with E-state index in [4.69, 9.17) is 0 Å². The number of rotatable bonds is 2. The molecule has 0 unspecified atom stereocenters. The van der Waals surface area contributed by atoms with Gasteiger partial charge in [-0.25, -0.2) is 4.79 Å². The number of carbonyl (C=O) groups excluding carboxylic acids is 1. The average molecular weight is 331 g/mol. The first-order valence-corrected chi connectivity index (χ1v) is 6.85. The zero-order chi connectivity index (χ0) is 13.8. The molecule has 0 bridgehead atoms. The van der Waals surface area contributed by atoms with Crippen molar-refractivity contribution in [1.82, 2.24) is 19.8 Å². The minimum atomic E-state index is -0.575. The lowest BCUT2D eigenvalue weighted by Gasteiger charge is -2.20. The molecule has 2 rings (SSSR count). The van der Waals surface area contributed by atoms with E-state index in [1.807, 2.05) is 0 Å². The molecule has 1 aromatic rings. The highest BCUT2D eigenvalue weighted by Crippen LogP contribution is 2.01. The summed E-state index contributed by atoms with van der Waals surface area (Å²) in [7, 11) is 0. The van der Waals surface area contributed by atoms with Crippen molar-refractivity contribution in [1.29, 1.82) is 0 Å². The zero-order valence-electron chi connectivity index (χ0n) is 10.3. The van der Waals surface area contributed by atoms with E-state index in [0.717, 1.165) is 19.5 Å². The van der Waals surface area contributed by atoms with Crippen molar-refractivity contribution in [2.75, 3.05) is 26.2 Å². The van der Waals surface area contributed by atoms with Gasteiger partial charge in [-0.2, -0.15) is 0 Å². The fourth-order valence-corrected chi connectivity index (χ4v) is 2.29. The summed E-state index contributed by atoms with van der Waals surface area (Å²) in [6.45, 7) is 2.92. The van der Waals surface area contributed by atoms with Crippen molar-refractivity contribution in [3.63, 3.8) is 0 Å². The second kappa shape index (κ2) is 6.16. The van der Waals surface area contributed by atoms with Gasteiger partial charge in [-0.1, -0.05) is 0 Å². The van der Waals surface area contributed by atoms with Crippen LogP contribution in [0, 0.1) is 0 Å². The van der Waals surface area contributed by atoms with E-state index in [2.05, 4.69) is 26.2 Å². The Labute approximate surface area is 117 Å². The third-order valence-electron chi connectivity index (χ3n) is 2.97. The maximum Gasteiger partial charge on any atom is 0.328 e. The van der Waals surface area contributed by atoms with Gasteiger partial charge in [0.25, 0.3) is 5.56 Å². The molecule has 19 heavy (non-hydrogen) atoms. The Kier molecular flexibility index (Phi) is 4.54. The first-order valence-electron chi connectivity index (χ1n) is 6.05. The van der Waals surface area contributed by atoms with Crippen LogP contribution >= 0.6 is 15.9 Å². The van der Waals surface area contributed by atoms with Crippen LogP contribution in [-0.4, -0.2) is 46.5 Å². The van der Waals surface area contributed by atoms with Gasteiger partial charge in [0.15, 0.2) is 0 Å². The number of hydrogen-bond acceptors (Lipinski definition) is 4. The number of aromatic amines is 1. The Morgan fingerprint density at radius 3 is 2.89 bits per heavy atom. The number of amides is 1. The van der Waals surface area contributed by atoms with E-state index in [-0.39, 0.29) is 16.9 Å². The molecule has 0 aliphatic carbocycles. The van der Waals surface area contributed by atoms with Crippen LogP contribution in [0.15, 0.2) is 20.3 Å². The van der Waals surface area contributed by atoms with Crippen LogP contribution in [0.3, 0.4) is 0 Å². The van der Waals surface area contributed by atoms with Gasteiger partial charge in [-0.3, -0.25) is 19.1 Å². The molecular weight excluding hydrogens is 316 g/mol. The van der Waals surface area contributed by atoms with Gasteiger partial charge < -0.3 is 10.2 Å². The summed E-state index contributed by atoms with van der Waals surface area (Å²) in [6, 6.07) is 0. The Morgan fingerprint density at radius 2 is 2.11 bits per heavy atom. The Bertz CT molecular complexity index is 572. The largest absolute Gasteiger partial charge is 0.340 e. The molecule has 2 heterocycles. The fraction of sp³-hybridized carbons (Fsp3) is 0.545. The molecule has 1 amide bonds. The lowest BCUT2D eigenvalue weighted by Crippen LogP contribution is -2.40. The van der Waals surface area contributed by atoms with Gasteiger partial charge in [-0.15, -0.1) is 0 Å². The lowest BCUT2D eigenvalue weighted by molar-refractivity contribution is -0.131. The molecule has 1 aliphatic rings. The highest BCUT2D eigenvalue weighted by molar-refractivity contribution is 9.10. The second-order valence-electron chi connectivity index (χ2n) is 4.35. The summed E-state index contributed by atoms with van der Waals surface area (Å²) < 4.78 is 1.43. The van der Waals surface area contributed by atoms with Gasteiger partial charge >= 0.3 is 5.69 Å². The van der Waals surface area contributed by atoms with E-state index in [1.165, 1.54) is 10.8 Å². The maximum atomic E-state index is 12.1. The molecule has 0 atom stereocenters. The van der Waals surface area contributed by atoms with Crippen LogP contribution in [0.2, 0.25) is 0 Å². The van der Waals surface area contributed by atoms with Gasteiger partial charge in [0, 0.05) is 25.8 Å². The number of nitrogens with one attached hydrogen (secondary N) is 2. The smallest absolute Gasteiger partial charge is 0.328 e.